The SMILES string of the molecule is O=C(/C=C/c1ccccc1)N[C@@H]1C[C@H]2C(=O)N[C@H](C(=O)O)CCC(=O)NCCCC[C@H](NC(=O)c3cc(C4CC4)nc4ccccc34)C(=O)N2C1. The van der Waals surface area contributed by atoms with E-state index in [-0.39, 0.29) is 44.1 Å². The Labute approximate surface area is 295 Å². The van der Waals surface area contributed by atoms with Crippen LogP contribution in [-0.2, 0) is 24.0 Å². The largest absolute Gasteiger partial charge is 0.480 e. The molecule has 3 aliphatic rings. The number of aromatic nitrogens is 1. The Kier molecular flexibility index (Phi) is 11.0. The zero-order valence-electron chi connectivity index (χ0n) is 28.2. The molecule has 266 valence electrons. The van der Waals surface area contributed by atoms with Crippen LogP contribution < -0.4 is 21.3 Å². The standard InChI is InChI=1S/C38H42N6O7/c45-33-18-16-30(38(50)51)43-36(48)32-20-25(40-34(46)17-13-23-8-2-1-3-9-23)22-44(32)37(49)29(12-6-7-19-39-33)42-35(47)27-21-31(24-14-15-24)41-28-11-5-4-10-26(27)28/h1-5,8-11,13,17,21,24-25,29-30,32H,6-7,12,14-16,18-20,22H2,(H,39,45)(H,40,46)(H,42,47)(H,43,48)(H,50,51)/b17-13+/t25-,29+,30+,32+/m1/s1. The van der Waals surface area contributed by atoms with Gasteiger partial charge < -0.3 is 31.3 Å². The molecule has 2 aliphatic heterocycles. The summed E-state index contributed by atoms with van der Waals surface area (Å²) in [6.45, 7) is 0.268. The Bertz CT molecular complexity index is 1840. The molecule has 5 N–H and O–H groups in total. The van der Waals surface area contributed by atoms with Gasteiger partial charge in [0.15, 0.2) is 0 Å². The summed E-state index contributed by atoms with van der Waals surface area (Å²) < 4.78 is 0. The summed E-state index contributed by atoms with van der Waals surface area (Å²) in [5, 5.41) is 21.6. The van der Waals surface area contributed by atoms with Crippen LogP contribution in [0.3, 0.4) is 0 Å². The minimum atomic E-state index is -1.37. The molecule has 3 fully saturated rings. The van der Waals surface area contributed by atoms with Gasteiger partial charge in [-0.2, -0.15) is 0 Å². The van der Waals surface area contributed by atoms with Gasteiger partial charge in [0.05, 0.1) is 11.1 Å². The first-order valence-corrected chi connectivity index (χ1v) is 17.5. The molecule has 2 aromatic carbocycles. The second-order valence-corrected chi connectivity index (χ2v) is 13.4. The van der Waals surface area contributed by atoms with Gasteiger partial charge >= 0.3 is 5.97 Å². The van der Waals surface area contributed by atoms with E-state index in [1.54, 1.807) is 12.1 Å². The fourth-order valence-electron chi connectivity index (χ4n) is 6.67. The van der Waals surface area contributed by atoms with Gasteiger partial charge in [-0.15, -0.1) is 0 Å². The molecule has 0 spiro atoms. The van der Waals surface area contributed by atoms with E-state index in [4.69, 9.17) is 4.98 Å². The van der Waals surface area contributed by atoms with Gasteiger partial charge in [0.2, 0.25) is 23.6 Å². The predicted molar refractivity (Wildman–Crippen MR) is 188 cm³/mol. The highest BCUT2D eigenvalue weighted by Gasteiger charge is 2.43. The van der Waals surface area contributed by atoms with Crippen molar-refractivity contribution in [3.63, 3.8) is 0 Å². The minimum absolute atomic E-state index is 0.0235. The molecule has 3 aromatic rings. The minimum Gasteiger partial charge on any atom is -0.480 e. The molecule has 4 atom stereocenters. The van der Waals surface area contributed by atoms with Crippen molar-refractivity contribution in [2.24, 2.45) is 0 Å². The predicted octanol–water partition coefficient (Wildman–Crippen LogP) is 2.66. The molecule has 6 rings (SSSR count). The van der Waals surface area contributed by atoms with Crippen molar-refractivity contribution in [2.75, 3.05) is 13.1 Å². The van der Waals surface area contributed by atoms with Crippen molar-refractivity contribution in [1.29, 1.82) is 0 Å². The first kappa shape index (κ1) is 35.2. The second-order valence-electron chi connectivity index (χ2n) is 13.4. The fraction of sp³-hybridized carbons (Fsp3) is 0.395. The summed E-state index contributed by atoms with van der Waals surface area (Å²) in [5.41, 5.74) is 2.72. The number of carbonyl (C=O) groups is 6. The molecular weight excluding hydrogens is 652 g/mol. The van der Waals surface area contributed by atoms with E-state index < -0.39 is 53.8 Å². The molecule has 1 aromatic heterocycles. The van der Waals surface area contributed by atoms with Gasteiger partial charge in [0, 0.05) is 48.6 Å². The lowest BCUT2D eigenvalue weighted by Gasteiger charge is -2.29. The summed E-state index contributed by atoms with van der Waals surface area (Å²) >= 11 is 0. The van der Waals surface area contributed by atoms with E-state index in [1.807, 2.05) is 54.6 Å². The summed E-state index contributed by atoms with van der Waals surface area (Å²) in [5.74, 6) is -3.50. The number of carboxylic acids is 1. The number of pyridine rings is 1. The Balaban J connectivity index is 1.27. The second kappa shape index (κ2) is 16.0. The van der Waals surface area contributed by atoms with Crippen LogP contribution in [0.4, 0.5) is 0 Å². The molecular formula is C38H42N6O7. The number of hydrogen-bond donors (Lipinski definition) is 5. The average molecular weight is 695 g/mol. The lowest BCUT2D eigenvalue weighted by atomic mass is 10.0. The van der Waals surface area contributed by atoms with Crippen molar-refractivity contribution < 1.29 is 33.9 Å². The normalized spacial score (nSPS) is 23.5. The van der Waals surface area contributed by atoms with E-state index in [2.05, 4.69) is 21.3 Å². The molecule has 13 heteroatoms. The number of rotatable bonds is 7. The van der Waals surface area contributed by atoms with Crippen molar-refractivity contribution in [3.8, 4) is 0 Å². The van der Waals surface area contributed by atoms with E-state index in [1.165, 1.54) is 11.0 Å². The molecule has 13 nitrogen and oxygen atoms in total. The lowest BCUT2D eigenvalue weighted by molar-refractivity contribution is -0.144. The summed E-state index contributed by atoms with van der Waals surface area (Å²) in [7, 11) is 0. The van der Waals surface area contributed by atoms with Crippen LogP contribution in [0, 0.1) is 0 Å². The van der Waals surface area contributed by atoms with E-state index in [9.17, 15) is 33.9 Å². The number of hydrogen-bond acceptors (Lipinski definition) is 7. The van der Waals surface area contributed by atoms with Crippen LogP contribution in [0.5, 0.6) is 0 Å². The van der Waals surface area contributed by atoms with Crippen LogP contribution in [0.25, 0.3) is 17.0 Å². The third-order valence-electron chi connectivity index (χ3n) is 9.56. The number of nitrogens with zero attached hydrogens (tertiary/aromatic N) is 2. The number of aliphatic carboxylic acids is 1. The highest BCUT2D eigenvalue weighted by atomic mass is 16.4. The number of benzene rings is 2. The Hall–Kier alpha value is -5.59. The Morgan fingerprint density at radius 1 is 0.922 bits per heavy atom. The highest BCUT2D eigenvalue weighted by Crippen LogP contribution is 2.40. The van der Waals surface area contributed by atoms with Gasteiger partial charge in [0.25, 0.3) is 5.91 Å². The maximum atomic E-state index is 14.4. The van der Waals surface area contributed by atoms with Crippen molar-refractivity contribution in [3.05, 3.63) is 83.6 Å². The molecule has 2 saturated heterocycles. The third-order valence-corrected chi connectivity index (χ3v) is 9.56. The Morgan fingerprint density at radius 3 is 2.45 bits per heavy atom. The third kappa shape index (κ3) is 8.96. The smallest absolute Gasteiger partial charge is 0.326 e. The number of fused-ring (bicyclic) bond motifs is 2. The fourth-order valence-corrected chi connectivity index (χ4v) is 6.67. The molecule has 0 radical (unpaired) electrons. The number of amides is 5. The number of nitrogens with one attached hydrogen (secondary N) is 4. The summed E-state index contributed by atoms with van der Waals surface area (Å²) in [6.07, 6.45) is 5.97. The zero-order valence-corrected chi connectivity index (χ0v) is 28.2. The van der Waals surface area contributed by atoms with Crippen molar-refractivity contribution >= 4 is 52.5 Å². The first-order chi connectivity index (χ1) is 24.7. The number of carboxylic acid groups (broad SMARTS) is 1. The van der Waals surface area contributed by atoms with Crippen molar-refractivity contribution in [1.82, 2.24) is 31.2 Å². The van der Waals surface area contributed by atoms with Gasteiger partial charge in [0.1, 0.15) is 18.1 Å². The topological polar surface area (TPSA) is 187 Å². The van der Waals surface area contributed by atoms with Gasteiger partial charge in [-0.1, -0.05) is 48.5 Å². The summed E-state index contributed by atoms with van der Waals surface area (Å²) in [6, 6.07) is 14.2. The molecule has 1 aliphatic carbocycles. The van der Waals surface area contributed by atoms with E-state index in [0.29, 0.717) is 35.9 Å². The maximum absolute atomic E-state index is 14.4. The van der Waals surface area contributed by atoms with Crippen LogP contribution in [-0.4, -0.2) is 87.8 Å². The number of para-hydroxylation sites is 1. The van der Waals surface area contributed by atoms with Gasteiger partial charge in [-0.05, 0) is 68.7 Å². The van der Waals surface area contributed by atoms with Crippen LogP contribution in [0.2, 0.25) is 0 Å². The van der Waals surface area contributed by atoms with E-state index in [0.717, 1.165) is 24.1 Å². The number of carbonyl (C=O) groups excluding carboxylic acids is 5. The molecule has 51 heavy (non-hydrogen) atoms. The van der Waals surface area contributed by atoms with Crippen molar-refractivity contribution in [2.45, 2.75) is 81.5 Å². The molecule has 1 saturated carbocycles. The zero-order chi connectivity index (χ0) is 35.9. The lowest BCUT2D eigenvalue weighted by Crippen LogP contribution is -2.55. The molecule has 0 unspecified atom stereocenters. The quantitative estimate of drug-likeness (QED) is 0.234. The van der Waals surface area contributed by atoms with E-state index >= 15 is 0 Å². The van der Waals surface area contributed by atoms with Crippen LogP contribution >= 0.6 is 0 Å². The molecule has 0 bridgehead atoms. The van der Waals surface area contributed by atoms with Crippen LogP contribution in [0.15, 0.2) is 66.7 Å². The Morgan fingerprint density at radius 2 is 1.69 bits per heavy atom. The molecule has 3 heterocycles. The molecule has 5 amide bonds. The first-order valence-electron chi connectivity index (χ1n) is 17.5. The maximum Gasteiger partial charge on any atom is 0.326 e. The van der Waals surface area contributed by atoms with Gasteiger partial charge in [-0.25, -0.2) is 4.79 Å². The highest BCUT2D eigenvalue weighted by molar-refractivity contribution is 6.07. The van der Waals surface area contributed by atoms with Gasteiger partial charge in [-0.3, -0.25) is 29.0 Å². The monoisotopic (exact) mass is 694 g/mol. The summed E-state index contributed by atoms with van der Waals surface area (Å²) in [4.78, 5) is 85.8. The average Bonchev–Trinajstić information content (AvgIpc) is 3.90. The van der Waals surface area contributed by atoms with Crippen LogP contribution in [0.1, 0.15) is 78.9 Å².